The molecule has 0 N–H and O–H groups in total. The van der Waals surface area contributed by atoms with Crippen molar-refractivity contribution in [1.29, 1.82) is 0 Å². The number of ketones is 1. The second-order valence-corrected chi connectivity index (χ2v) is 13.0. The van der Waals surface area contributed by atoms with E-state index in [0.717, 1.165) is 44.5 Å². The van der Waals surface area contributed by atoms with Gasteiger partial charge in [-0.15, -0.1) is 0 Å². The van der Waals surface area contributed by atoms with Gasteiger partial charge in [0.05, 0.1) is 12.2 Å². The van der Waals surface area contributed by atoms with Gasteiger partial charge in [-0.3, -0.25) is 9.69 Å². The zero-order valence-electron chi connectivity index (χ0n) is 25.4. The van der Waals surface area contributed by atoms with E-state index in [1.165, 1.54) is 48.0 Å². The van der Waals surface area contributed by atoms with Gasteiger partial charge in [-0.25, -0.2) is 0 Å². The number of carbonyl (C=O) groups is 1. The molecule has 0 radical (unpaired) electrons. The van der Waals surface area contributed by atoms with Gasteiger partial charge in [-0.2, -0.15) is 0 Å². The van der Waals surface area contributed by atoms with Crippen LogP contribution >= 0.6 is 0 Å². The topological polar surface area (TPSA) is 38.8 Å². The lowest BCUT2D eigenvalue weighted by molar-refractivity contribution is -0.224. The van der Waals surface area contributed by atoms with Crippen LogP contribution in [-0.4, -0.2) is 48.3 Å². The van der Waals surface area contributed by atoms with Crippen molar-refractivity contribution in [3.63, 3.8) is 0 Å². The number of Topliss-reactive ketones (excluding diaryl/α,β-unsaturated/α-hetero) is 1. The Labute approximate surface area is 242 Å². The van der Waals surface area contributed by atoms with Crippen molar-refractivity contribution >= 4 is 5.78 Å². The molecule has 3 aliphatic heterocycles. The van der Waals surface area contributed by atoms with Crippen molar-refractivity contribution in [1.82, 2.24) is 4.90 Å². The predicted molar refractivity (Wildman–Crippen MR) is 164 cm³/mol. The Hall–Kier alpha value is -2.27. The van der Waals surface area contributed by atoms with E-state index < -0.39 is 5.79 Å². The zero-order valence-corrected chi connectivity index (χ0v) is 25.4. The predicted octanol–water partition coefficient (Wildman–Crippen LogP) is 7.96. The lowest BCUT2D eigenvalue weighted by Crippen LogP contribution is -2.50. The molecule has 216 valence electrons. The average molecular weight is 544 g/mol. The van der Waals surface area contributed by atoms with Gasteiger partial charge in [0.2, 0.25) is 5.79 Å². The molecule has 0 aromatic heterocycles. The van der Waals surface area contributed by atoms with Crippen LogP contribution in [0.5, 0.6) is 0 Å². The summed E-state index contributed by atoms with van der Waals surface area (Å²) >= 11 is 0. The van der Waals surface area contributed by atoms with E-state index in [-0.39, 0.29) is 23.9 Å². The molecule has 0 unspecified atom stereocenters. The zero-order chi connectivity index (χ0) is 28.3. The van der Waals surface area contributed by atoms with Crippen molar-refractivity contribution in [2.75, 3.05) is 19.6 Å². The van der Waals surface area contributed by atoms with Gasteiger partial charge in [-0.1, -0.05) is 47.1 Å². The molecule has 40 heavy (non-hydrogen) atoms. The number of hydrogen-bond acceptors (Lipinski definition) is 4. The van der Waals surface area contributed by atoms with E-state index in [4.69, 9.17) is 9.47 Å². The Morgan fingerprint density at radius 2 is 1.88 bits per heavy atom. The Morgan fingerprint density at radius 3 is 2.60 bits per heavy atom. The third kappa shape index (κ3) is 7.13. The fourth-order valence-electron chi connectivity index (χ4n) is 7.04. The average Bonchev–Trinajstić information content (AvgIpc) is 2.90. The third-order valence-electron chi connectivity index (χ3n) is 9.20. The summed E-state index contributed by atoms with van der Waals surface area (Å²) in [7, 11) is 0. The van der Waals surface area contributed by atoms with Gasteiger partial charge in [0.15, 0.2) is 5.78 Å². The number of fused-ring (bicyclic) bond motifs is 1. The maximum Gasteiger partial charge on any atom is 0.209 e. The first-order chi connectivity index (χ1) is 19.2. The molecule has 0 saturated carbocycles. The van der Waals surface area contributed by atoms with E-state index in [9.17, 15) is 4.79 Å². The fraction of sp³-hybridized carbons (Fsp3) is 0.583. The fourth-order valence-corrected chi connectivity index (χ4v) is 7.04. The summed E-state index contributed by atoms with van der Waals surface area (Å²) in [5.41, 5.74) is 7.67. The number of hydrogen-bond donors (Lipinski definition) is 0. The van der Waals surface area contributed by atoms with Crippen molar-refractivity contribution in [2.24, 2.45) is 11.8 Å². The van der Waals surface area contributed by atoms with Crippen LogP contribution in [0.1, 0.15) is 86.0 Å². The molecule has 3 heterocycles. The molecule has 1 saturated heterocycles. The first kappa shape index (κ1) is 29.2. The highest BCUT2D eigenvalue weighted by Crippen LogP contribution is 2.43. The molecular formula is C36H49NO3. The van der Waals surface area contributed by atoms with Crippen LogP contribution in [0.4, 0.5) is 0 Å². The Morgan fingerprint density at radius 1 is 1.07 bits per heavy atom. The second kappa shape index (κ2) is 12.7. The normalized spacial score (nSPS) is 31.8. The van der Waals surface area contributed by atoms with E-state index in [1.807, 2.05) is 6.92 Å². The maximum atomic E-state index is 12.8. The summed E-state index contributed by atoms with van der Waals surface area (Å²) in [5, 5.41) is 0. The summed E-state index contributed by atoms with van der Waals surface area (Å²) in [5.74, 6) is 0.123. The first-order valence-electron chi connectivity index (χ1n) is 15.6. The number of likely N-dealkylation sites (tertiary alicyclic amines) is 1. The largest absolute Gasteiger partial charge is 0.335 e. The lowest BCUT2D eigenvalue weighted by Gasteiger charge is -2.46. The van der Waals surface area contributed by atoms with Crippen molar-refractivity contribution < 1.29 is 14.3 Å². The minimum Gasteiger partial charge on any atom is -0.335 e. The molecule has 0 bridgehead atoms. The highest BCUT2D eigenvalue weighted by atomic mass is 16.7. The Kier molecular flexibility index (Phi) is 9.29. The van der Waals surface area contributed by atoms with Crippen molar-refractivity contribution in [3.8, 4) is 0 Å². The number of nitrogens with zero attached hydrogens (tertiary/aromatic N) is 1. The Balaban J connectivity index is 1.35. The molecular weight excluding hydrogens is 494 g/mol. The SMILES string of the molecule is CC(C)=CCCC(C)=C[C@@H]1CC(C)=C[C@]2(C=C(CN3CCC(C4=CCCC=C4)CC3)[C@H]3CC(=O)C(C)=C[C@H]3O2)O1. The summed E-state index contributed by atoms with van der Waals surface area (Å²) in [6.45, 7) is 13.7. The number of ether oxygens (including phenoxy) is 2. The smallest absolute Gasteiger partial charge is 0.209 e. The van der Waals surface area contributed by atoms with Crippen LogP contribution in [0.15, 0.2) is 82.0 Å². The molecule has 2 aliphatic carbocycles. The van der Waals surface area contributed by atoms with Gasteiger partial charge in [0.25, 0.3) is 0 Å². The van der Waals surface area contributed by atoms with E-state index >= 15 is 0 Å². The van der Waals surface area contributed by atoms with E-state index in [2.05, 4.69) is 81.2 Å². The number of piperidine rings is 1. The summed E-state index contributed by atoms with van der Waals surface area (Å²) in [6, 6.07) is 0. The molecule has 1 fully saturated rings. The maximum absolute atomic E-state index is 12.8. The van der Waals surface area contributed by atoms with Crippen LogP contribution in [0.3, 0.4) is 0 Å². The molecule has 4 nitrogen and oxygen atoms in total. The van der Waals surface area contributed by atoms with Crippen molar-refractivity contribution in [2.45, 2.75) is 104 Å². The van der Waals surface area contributed by atoms with E-state index in [1.54, 1.807) is 5.57 Å². The van der Waals surface area contributed by atoms with Gasteiger partial charge in [0.1, 0.15) is 0 Å². The first-order valence-corrected chi connectivity index (χ1v) is 15.6. The molecule has 1 spiro atoms. The highest BCUT2D eigenvalue weighted by Gasteiger charge is 2.46. The second-order valence-electron chi connectivity index (χ2n) is 13.0. The third-order valence-corrected chi connectivity index (χ3v) is 9.20. The molecule has 4 atom stereocenters. The quantitative estimate of drug-likeness (QED) is 0.305. The number of rotatable bonds is 7. The van der Waals surface area contributed by atoms with Gasteiger partial charge < -0.3 is 9.47 Å². The van der Waals surface area contributed by atoms with Gasteiger partial charge in [-0.05, 0) is 134 Å². The van der Waals surface area contributed by atoms with Crippen LogP contribution < -0.4 is 0 Å². The van der Waals surface area contributed by atoms with Crippen LogP contribution in [0, 0.1) is 11.8 Å². The highest BCUT2D eigenvalue weighted by molar-refractivity contribution is 5.96. The number of allylic oxidation sites excluding steroid dienone is 8. The molecule has 0 amide bonds. The number of carbonyl (C=O) groups excluding carboxylic acids is 1. The standard InChI is InChI=1S/C36H49NO3/c1-25(2)10-9-11-26(3)18-32-19-27(4)22-36(39-32)23-31(33-21-34(38)28(5)20-35(33)40-36)24-37-16-14-30(15-17-37)29-12-7-6-8-13-29/h7,10,12-13,18,20,22-23,30,32-33,35H,6,8-9,11,14-17,19,21,24H2,1-5H3/t32-,33-,35-,36+/m1/s1. The van der Waals surface area contributed by atoms with Crippen molar-refractivity contribution in [3.05, 3.63) is 82.0 Å². The summed E-state index contributed by atoms with van der Waals surface area (Å²) in [6.07, 6.45) is 26.3. The van der Waals surface area contributed by atoms with Crippen LogP contribution in [0.25, 0.3) is 0 Å². The van der Waals surface area contributed by atoms with E-state index in [0.29, 0.717) is 12.3 Å². The summed E-state index contributed by atoms with van der Waals surface area (Å²) < 4.78 is 13.6. The lowest BCUT2D eigenvalue weighted by atomic mass is 9.78. The molecule has 4 heteroatoms. The van der Waals surface area contributed by atoms with Gasteiger partial charge in [0, 0.05) is 18.9 Å². The molecule has 5 rings (SSSR count). The monoisotopic (exact) mass is 543 g/mol. The Bertz CT molecular complexity index is 1180. The molecule has 5 aliphatic rings. The molecule has 0 aromatic rings. The minimum atomic E-state index is -0.882. The van der Waals surface area contributed by atoms with Crippen LogP contribution in [0.2, 0.25) is 0 Å². The van der Waals surface area contributed by atoms with Crippen LogP contribution in [-0.2, 0) is 14.3 Å². The molecule has 0 aromatic carbocycles. The van der Waals surface area contributed by atoms with Gasteiger partial charge >= 0.3 is 0 Å². The minimum absolute atomic E-state index is 0.0198. The summed E-state index contributed by atoms with van der Waals surface area (Å²) in [4.78, 5) is 15.4.